The van der Waals surface area contributed by atoms with E-state index < -0.39 is 27.8 Å². The van der Waals surface area contributed by atoms with Gasteiger partial charge in [0.25, 0.3) is 5.91 Å². The highest BCUT2D eigenvalue weighted by Gasteiger charge is 2.23. The molecule has 1 atom stereocenters. The summed E-state index contributed by atoms with van der Waals surface area (Å²) in [5, 5.41) is 11.5. The summed E-state index contributed by atoms with van der Waals surface area (Å²) in [7, 11) is -3.27. The Morgan fingerprint density at radius 2 is 1.95 bits per heavy atom. The van der Waals surface area contributed by atoms with Crippen LogP contribution in [0.4, 0.5) is 0 Å². The van der Waals surface area contributed by atoms with Crippen LogP contribution in [0.1, 0.15) is 23.7 Å². The fourth-order valence-corrected chi connectivity index (χ4v) is 3.10. The Morgan fingerprint density at radius 3 is 2.48 bits per heavy atom. The number of sulfone groups is 1. The number of hydrogen-bond donors (Lipinski definition) is 2. The Hall–Kier alpha value is -1.16. The van der Waals surface area contributed by atoms with E-state index in [1.807, 2.05) is 22.6 Å². The molecule has 0 aliphatic heterocycles. The highest BCUT2D eigenvalue weighted by atomic mass is 127. The zero-order chi connectivity index (χ0) is 16.0. The molecule has 1 unspecified atom stereocenters. The second-order valence-electron chi connectivity index (χ2n) is 4.37. The first-order chi connectivity index (χ1) is 9.76. The number of amides is 1. The third kappa shape index (κ3) is 5.62. The molecule has 0 aliphatic rings. The van der Waals surface area contributed by atoms with Crippen LogP contribution in [0.3, 0.4) is 0 Å². The molecule has 6 nitrogen and oxygen atoms in total. The van der Waals surface area contributed by atoms with Gasteiger partial charge >= 0.3 is 5.97 Å². The molecule has 0 heterocycles. The van der Waals surface area contributed by atoms with Gasteiger partial charge in [0.15, 0.2) is 0 Å². The van der Waals surface area contributed by atoms with Crippen LogP contribution in [0.2, 0.25) is 0 Å². The minimum atomic E-state index is -3.27. The molecule has 0 aromatic heterocycles. The number of carbonyl (C=O) groups is 2. The first-order valence-electron chi connectivity index (χ1n) is 6.25. The second kappa shape index (κ2) is 7.74. The molecule has 0 bridgehead atoms. The summed E-state index contributed by atoms with van der Waals surface area (Å²) in [6.45, 7) is 1.50. The average molecular weight is 425 g/mol. The Labute approximate surface area is 137 Å². The lowest BCUT2D eigenvalue weighted by Gasteiger charge is -2.15. The Bertz CT molecular complexity index is 629. The van der Waals surface area contributed by atoms with Crippen molar-refractivity contribution in [2.24, 2.45) is 0 Å². The Morgan fingerprint density at radius 1 is 1.33 bits per heavy atom. The fraction of sp³-hybridized carbons (Fsp3) is 0.385. The molecule has 1 rings (SSSR count). The lowest BCUT2D eigenvalue weighted by molar-refractivity contribution is -0.139. The van der Waals surface area contributed by atoms with Crippen molar-refractivity contribution in [3.8, 4) is 0 Å². The molecule has 1 aromatic rings. The van der Waals surface area contributed by atoms with Crippen LogP contribution in [-0.4, -0.2) is 42.9 Å². The molecule has 21 heavy (non-hydrogen) atoms. The number of hydrogen-bond acceptors (Lipinski definition) is 4. The Kier molecular flexibility index (Phi) is 6.59. The van der Waals surface area contributed by atoms with E-state index in [9.17, 15) is 18.0 Å². The van der Waals surface area contributed by atoms with E-state index in [2.05, 4.69) is 5.32 Å². The molecular formula is C13H16INO5S. The van der Waals surface area contributed by atoms with Gasteiger partial charge < -0.3 is 10.4 Å². The summed E-state index contributed by atoms with van der Waals surface area (Å²) in [5.74, 6) is -2.10. The van der Waals surface area contributed by atoms with Crippen molar-refractivity contribution in [2.75, 3.05) is 11.5 Å². The quantitative estimate of drug-likeness (QED) is 0.642. The first kappa shape index (κ1) is 17.9. The highest BCUT2D eigenvalue weighted by molar-refractivity contribution is 14.1. The highest BCUT2D eigenvalue weighted by Crippen LogP contribution is 2.12. The number of rotatable bonds is 7. The molecule has 8 heteroatoms. The van der Waals surface area contributed by atoms with Gasteiger partial charge in [-0.25, -0.2) is 13.2 Å². The zero-order valence-electron chi connectivity index (χ0n) is 11.4. The molecule has 1 amide bonds. The summed E-state index contributed by atoms with van der Waals surface area (Å²) in [6, 6.07) is 5.52. The van der Waals surface area contributed by atoms with E-state index in [0.717, 1.165) is 0 Å². The standard InChI is InChI=1S/C13H16INO5S/c1-2-21(19,20)8-7-11(13(17)18)15-12(16)9-5-3-4-6-10(9)14/h3-6,11H,2,7-8H2,1H3,(H,15,16)(H,17,18). The SMILES string of the molecule is CCS(=O)(=O)CCC(NC(=O)c1ccccc1I)C(=O)O. The average Bonchev–Trinajstić information content (AvgIpc) is 2.43. The number of halogens is 1. The smallest absolute Gasteiger partial charge is 0.326 e. The second-order valence-corrected chi connectivity index (χ2v) is 8.00. The van der Waals surface area contributed by atoms with Crippen molar-refractivity contribution in [1.82, 2.24) is 5.32 Å². The predicted octanol–water partition coefficient (Wildman–Crippen LogP) is 1.30. The molecule has 2 N–H and O–H groups in total. The number of carboxylic acid groups (broad SMARTS) is 1. The zero-order valence-corrected chi connectivity index (χ0v) is 14.3. The first-order valence-corrected chi connectivity index (χ1v) is 9.15. The van der Waals surface area contributed by atoms with Crippen LogP contribution in [0, 0.1) is 3.57 Å². The van der Waals surface area contributed by atoms with Crippen molar-refractivity contribution in [2.45, 2.75) is 19.4 Å². The number of nitrogens with one attached hydrogen (secondary N) is 1. The minimum absolute atomic E-state index is 0.0517. The van der Waals surface area contributed by atoms with Crippen LogP contribution < -0.4 is 5.32 Å². The van der Waals surface area contributed by atoms with E-state index in [-0.39, 0.29) is 17.9 Å². The summed E-state index contributed by atoms with van der Waals surface area (Å²) in [5.41, 5.74) is 0.364. The van der Waals surface area contributed by atoms with E-state index in [1.54, 1.807) is 24.3 Å². The lowest BCUT2D eigenvalue weighted by atomic mass is 10.1. The maximum atomic E-state index is 12.0. The van der Waals surface area contributed by atoms with Gasteiger partial charge in [0.05, 0.1) is 11.3 Å². The minimum Gasteiger partial charge on any atom is -0.480 e. The molecular weight excluding hydrogens is 409 g/mol. The van der Waals surface area contributed by atoms with Gasteiger partial charge in [-0.1, -0.05) is 19.1 Å². The normalized spacial score (nSPS) is 12.7. The van der Waals surface area contributed by atoms with Crippen LogP contribution in [0.15, 0.2) is 24.3 Å². The largest absolute Gasteiger partial charge is 0.480 e. The third-order valence-corrected chi connectivity index (χ3v) is 5.56. The molecule has 0 aliphatic carbocycles. The molecule has 1 aromatic carbocycles. The molecule has 0 radical (unpaired) electrons. The molecule has 0 saturated carbocycles. The number of aliphatic carboxylic acids is 1. The summed E-state index contributed by atoms with van der Waals surface area (Å²) >= 11 is 1.98. The van der Waals surface area contributed by atoms with Crippen LogP contribution in [0.25, 0.3) is 0 Å². The number of benzene rings is 1. The lowest BCUT2D eigenvalue weighted by Crippen LogP contribution is -2.42. The summed E-state index contributed by atoms with van der Waals surface area (Å²) in [4.78, 5) is 23.2. The third-order valence-electron chi connectivity index (χ3n) is 2.88. The van der Waals surface area contributed by atoms with E-state index in [0.29, 0.717) is 9.13 Å². The van der Waals surface area contributed by atoms with Gasteiger partial charge in [-0.3, -0.25) is 4.79 Å². The van der Waals surface area contributed by atoms with Crippen molar-refractivity contribution in [3.05, 3.63) is 33.4 Å². The summed E-state index contributed by atoms with van der Waals surface area (Å²) < 4.78 is 23.6. The van der Waals surface area contributed by atoms with Gasteiger partial charge in [0, 0.05) is 9.32 Å². The van der Waals surface area contributed by atoms with Crippen LogP contribution in [-0.2, 0) is 14.6 Å². The molecule has 0 fully saturated rings. The van der Waals surface area contributed by atoms with Gasteiger partial charge in [0.1, 0.15) is 15.9 Å². The van der Waals surface area contributed by atoms with Gasteiger partial charge in [-0.05, 0) is 41.1 Å². The van der Waals surface area contributed by atoms with Gasteiger partial charge in [0.2, 0.25) is 0 Å². The monoisotopic (exact) mass is 425 g/mol. The Balaban J connectivity index is 2.78. The molecule has 0 saturated heterocycles. The predicted molar refractivity (Wildman–Crippen MR) is 87.0 cm³/mol. The van der Waals surface area contributed by atoms with Crippen LogP contribution in [0.5, 0.6) is 0 Å². The van der Waals surface area contributed by atoms with E-state index in [1.165, 1.54) is 6.92 Å². The van der Waals surface area contributed by atoms with Crippen LogP contribution >= 0.6 is 22.6 Å². The molecule has 0 spiro atoms. The van der Waals surface area contributed by atoms with Crippen molar-refractivity contribution >= 4 is 44.3 Å². The maximum absolute atomic E-state index is 12.0. The van der Waals surface area contributed by atoms with Gasteiger partial charge in [-0.2, -0.15) is 0 Å². The van der Waals surface area contributed by atoms with Crippen molar-refractivity contribution in [3.63, 3.8) is 0 Å². The number of carboxylic acids is 1. The topological polar surface area (TPSA) is 101 Å². The fourth-order valence-electron chi connectivity index (χ4n) is 1.58. The van der Waals surface area contributed by atoms with Crippen molar-refractivity contribution < 1.29 is 23.1 Å². The molecule has 116 valence electrons. The van der Waals surface area contributed by atoms with Gasteiger partial charge in [-0.15, -0.1) is 0 Å². The van der Waals surface area contributed by atoms with E-state index in [4.69, 9.17) is 5.11 Å². The van der Waals surface area contributed by atoms with E-state index >= 15 is 0 Å². The summed E-state index contributed by atoms with van der Waals surface area (Å²) in [6.07, 6.45) is -0.152. The number of carbonyl (C=O) groups excluding carboxylic acids is 1. The van der Waals surface area contributed by atoms with Crippen molar-refractivity contribution in [1.29, 1.82) is 0 Å². The maximum Gasteiger partial charge on any atom is 0.326 e.